The number of methoxy groups -OCH3 is 1. The van der Waals surface area contributed by atoms with E-state index in [0.717, 1.165) is 0 Å². The molecule has 0 heterocycles. The number of carbonyl (C=O) groups excluding carboxylic acids is 3. The van der Waals surface area contributed by atoms with Gasteiger partial charge in [0.15, 0.2) is 0 Å². The Morgan fingerprint density at radius 3 is 2.00 bits per heavy atom. The minimum absolute atomic E-state index is 0.0227. The third-order valence-electron chi connectivity index (χ3n) is 5.11. The van der Waals surface area contributed by atoms with Crippen LogP contribution in [0.1, 0.15) is 75.2 Å². The predicted octanol–water partition coefficient (Wildman–Crippen LogP) is 3.29. The van der Waals surface area contributed by atoms with Crippen molar-refractivity contribution in [2.75, 3.05) is 13.7 Å². The van der Waals surface area contributed by atoms with Crippen molar-refractivity contribution < 1.29 is 29.0 Å². The molecule has 0 rings (SSSR count). The van der Waals surface area contributed by atoms with Crippen LogP contribution in [0.3, 0.4) is 0 Å². The van der Waals surface area contributed by atoms with Crippen LogP contribution in [0.2, 0.25) is 0 Å². The lowest BCUT2D eigenvalue weighted by atomic mass is 9.98. The number of hydrogen-bond acceptors (Lipinski definition) is 6. The lowest BCUT2D eigenvalue weighted by molar-refractivity contribution is -0.144. The number of ether oxygens (including phenoxy) is 2. The van der Waals surface area contributed by atoms with Gasteiger partial charge in [0.05, 0.1) is 25.8 Å². The number of alkyl carbamates (subject to hydrolysis) is 1. The molecule has 0 saturated heterocycles. The van der Waals surface area contributed by atoms with E-state index in [1.54, 1.807) is 20.8 Å². The molecule has 0 aromatic carbocycles. The van der Waals surface area contributed by atoms with Crippen LogP contribution in [-0.2, 0) is 14.3 Å². The first-order valence-electron chi connectivity index (χ1n) is 11.4. The smallest absolute Gasteiger partial charge is 0.407 e. The van der Waals surface area contributed by atoms with E-state index in [2.05, 4.69) is 10.6 Å². The van der Waals surface area contributed by atoms with E-state index < -0.39 is 41.9 Å². The molecular weight excluding hydrogens is 414 g/mol. The number of aliphatic hydroxyl groups is 1. The van der Waals surface area contributed by atoms with E-state index in [0.29, 0.717) is 12.8 Å². The summed E-state index contributed by atoms with van der Waals surface area (Å²) in [5.74, 6) is -0.436. The van der Waals surface area contributed by atoms with Gasteiger partial charge in [0.2, 0.25) is 0 Å². The summed E-state index contributed by atoms with van der Waals surface area (Å²) in [6, 6.07) is -2.12. The number of carbonyl (C=O) groups is 3. The first-order chi connectivity index (χ1) is 14.6. The average molecular weight is 460 g/mol. The highest BCUT2D eigenvalue weighted by molar-refractivity contribution is 5.84. The molecule has 3 amide bonds. The molecule has 4 atom stereocenters. The first-order valence-corrected chi connectivity index (χ1v) is 11.4. The van der Waals surface area contributed by atoms with Gasteiger partial charge in [-0.15, -0.1) is 0 Å². The molecule has 0 aliphatic heterocycles. The molecule has 0 saturated carbocycles. The number of urea groups is 1. The van der Waals surface area contributed by atoms with E-state index in [1.165, 1.54) is 12.0 Å². The van der Waals surface area contributed by atoms with Gasteiger partial charge in [-0.3, -0.25) is 0 Å². The summed E-state index contributed by atoms with van der Waals surface area (Å²) in [4.78, 5) is 38.9. The van der Waals surface area contributed by atoms with E-state index in [-0.39, 0.29) is 24.4 Å². The zero-order valence-corrected chi connectivity index (χ0v) is 21.5. The number of nitrogens with zero attached hydrogens (tertiary/aromatic N) is 1. The van der Waals surface area contributed by atoms with Gasteiger partial charge in [0.25, 0.3) is 0 Å². The van der Waals surface area contributed by atoms with Crippen LogP contribution < -0.4 is 10.6 Å². The molecule has 0 aromatic rings. The molecule has 0 spiro atoms. The lowest BCUT2D eigenvalue weighted by Crippen LogP contribution is -2.56. The SMILES string of the molecule is CC[C@H](C)[C@H](NC(=O)N(CC(O)[C@H](CC(C)C)NC(=O)OC(C)(C)C)C(C)C)C(=O)OC. The zero-order valence-electron chi connectivity index (χ0n) is 21.5. The van der Waals surface area contributed by atoms with E-state index in [4.69, 9.17) is 9.47 Å². The number of hydrogen-bond donors (Lipinski definition) is 3. The summed E-state index contributed by atoms with van der Waals surface area (Å²) in [6.45, 7) is 16.7. The summed E-state index contributed by atoms with van der Waals surface area (Å²) in [7, 11) is 1.28. The Hall–Kier alpha value is -2.03. The van der Waals surface area contributed by atoms with E-state index in [9.17, 15) is 19.5 Å². The topological polar surface area (TPSA) is 117 Å². The number of nitrogens with one attached hydrogen (secondary N) is 2. The normalized spacial score (nSPS) is 15.5. The number of aliphatic hydroxyl groups excluding tert-OH is 1. The molecule has 0 aromatic heterocycles. The molecule has 0 aliphatic rings. The Morgan fingerprint density at radius 2 is 1.59 bits per heavy atom. The monoisotopic (exact) mass is 459 g/mol. The van der Waals surface area contributed by atoms with Crippen LogP contribution in [0.5, 0.6) is 0 Å². The Bertz CT molecular complexity index is 603. The molecule has 188 valence electrons. The van der Waals surface area contributed by atoms with Gasteiger partial charge in [-0.05, 0) is 52.9 Å². The Labute approximate surface area is 193 Å². The fraction of sp³-hybridized carbons (Fsp3) is 0.870. The Balaban J connectivity index is 5.47. The number of esters is 1. The van der Waals surface area contributed by atoms with Crippen molar-refractivity contribution in [3.8, 4) is 0 Å². The molecule has 32 heavy (non-hydrogen) atoms. The van der Waals surface area contributed by atoms with Crippen molar-refractivity contribution in [2.24, 2.45) is 11.8 Å². The summed E-state index contributed by atoms with van der Waals surface area (Å²) in [5, 5.41) is 16.4. The first kappa shape index (κ1) is 30.0. The number of amides is 3. The third-order valence-corrected chi connectivity index (χ3v) is 5.11. The Morgan fingerprint density at radius 1 is 1.03 bits per heavy atom. The van der Waals surface area contributed by atoms with Crippen LogP contribution in [0, 0.1) is 11.8 Å². The summed E-state index contributed by atoms with van der Waals surface area (Å²) < 4.78 is 10.2. The molecule has 0 aliphatic carbocycles. The standard InChI is InChI=1S/C23H45N3O6/c1-11-16(6)19(20(28)31-10)25-21(29)26(15(4)5)13-18(27)17(12-14(2)3)24-22(30)32-23(7,8)9/h14-19,27H,11-13H2,1-10H3,(H,24,30)(H,25,29)/t16-,17-,18?,19-/m0/s1. The second kappa shape index (κ2) is 13.5. The minimum Gasteiger partial charge on any atom is -0.467 e. The molecule has 9 nitrogen and oxygen atoms in total. The maximum Gasteiger partial charge on any atom is 0.407 e. The highest BCUT2D eigenvalue weighted by Gasteiger charge is 2.32. The van der Waals surface area contributed by atoms with Gasteiger partial charge in [-0.1, -0.05) is 34.1 Å². The minimum atomic E-state index is -1.03. The molecule has 3 N–H and O–H groups in total. The van der Waals surface area contributed by atoms with Gasteiger partial charge in [0.1, 0.15) is 11.6 Å². The van der Waals surface area contributed by atoms with Crippen LogP contribution in [-0.4, -0.2) is 71.6 Å². The van der Waals surface area contributed by atoms with Crippen molar-refractivity contribution in [2.45, 2.75) is 105 Å². The van der Waals surface area contributed by atoms with Crippen molar-refractivity contribution in [1.82, 2.24) is 15.5 Å². The van der Waals surface area contributed by atoms with Gasteiger partial charge in [-0.2, -0.15) is 0 Å². The van der Waals surface area contributed by atoms with E-state index >= 15 is 0 Å². The molecule has 1 unspecified atom stereocenters. The van der Waals surface area contributed by atoms with Crippen molar-refractivity contribution >= 4 is 18.1 Å². The largest absolute Gasteiger partial charge is 0.467 e. The van der Waals surface area contributed by atoms with Gasteiger partial charge in [0, 0.05) is 6.04 Å². The molecule has 0 bridgehead atoms. The predicted molar refractivity (Wildman–Crippen MR) is 124 cm³/mol. The molecular formula is C23H45N3O6. The van der Waals surface area contributed by atoms with Gasteiger partial charge in [-0.25, -0.2) is 14.4 Å². The van der Waals surface area contributed by atoms with Crippen LogP contribution in [0.4, 0.5) is 9.59 Å². The fourth-order valence-corrected chi connectivity index (χ4v) is 3.15. The zero-order chi connectivity index (χ0) is 25.2. The third kappa shape index (κ3) is 11.0. The van der Waals surface area contributed by atoms with Gasteiger partial charge >= 0.3 is 18.1 Å². The van der Waals surface area contributed by atoms with Crippen molar-refractivity contribution in [3.63, 3.8) is 0 Å². The van der Waals surface area contributed by atoms with E-state index in [1.807, 2.05) is 41.5 Å². The Kier molecular flexibility index (Phi) is 12.6. The van der Waals surface area contributed by atoms with Crippen molar-refractivity contribution in [1.29, 1.82) is 0 Å². The van der Waals surface area contributed by atoms with Crippen LogP contribution >= 0.6 is 0 Å². The molecule has 0 fully saturated rings. The summed E-state index contributed by atoms with van der Waals surface area (Å²) in [5.41, 5.74) is -0.667. The summed E-state index contributed by atoms with van der Waals surface area (Å²) in [6.07, 6.45) is -0.463. The highest BCUT2D eigenvalue weighted by Crippen LogP contribution is 2.15. The van der Waals surface area contributed by atoms with Crippen LogP contribution in [0.25, 0.3) is 0 Å². The fourth-order valence-electron chi connectivity index (χ4n) is 3.15. The van der Waals surface area contributed by atoms with Crippen molar-refractivity contribution in [3.05, 3.63) is 0 Å². The summed E-state index contributed by atoms with van der Waals surface area (Å²) >= 11 is 0. The number of rotatable bonds is 11. The maximum absolute atomic E-state index is 13.0. The molecule has 9 heteroatoms. The highest BCUT2D eigenvalue weighted by atomic mass is 16.6. The lowest BCUT2D eigenvalue weighted by Gasteiger charge is -2.34. The average Bonchev–Trinajstić information content (AvgIpc) is 2.65. The van der Waals surface area contributed by atoms with Crippen LogP contribution in [0.15, 0.2) is 0 Å². The van der Waals surface area contributed by atoms with Gasteiger partial charge < -0.3 is 30.1 Å². The molecule has 0 radical (unpaired) electrons. The quantitative estimate of drug-likeness (QED) is 0.408. The second-order valence-electron chi connectivity index (χ2n) is 10.0. The maximum atomic E-state index is 13.0. The second-order valence-corrected chi connectivity index (χ2v) is 10.0.